The maximum Gasteiger partial charge on any atom is 0.136 e. The second-order valence-electron chi connectivity index (χ2n) is 17.0. The molecule has 62 heavy (non-hydrogen) atoms. The quantitative estimate of drug-likeness (QED) is 0.163. The molecule has 0 atom stereocenters. The third-order valence-electron chi connectivity index (χ3n) is 14.1. The van der Waals surface area contributed by atoms with Crippen LogP contribution in [0.2, 0.25) is 0 Å². The van der Waals surface area contributed by atoms with Crippen molar-refractivity contribution in [1.82, 2.24) is 0 Å². The summed E-state index contributed by atoms with van der Waals surface area (Å²) in [6, 6.07) is 81.1. The monoisotopic (exact) mass is 784 g/mol. The summed E-state index contributed by atoms with van der Waals surface area (Å²) in [5, 5.41) is 9.71. The molecule has 2 aliphatic carbocycles. The van der Waals surface area contributed by atoms with Gasteiger partial charge in [0.25, 0.3) is 0 Å². The van der Waals surface area contributed by atoms with Gasteiger partial charge in [0, 0.05) is 10.8 Å². The van der Waals surface area contributed by atoms with Gasteiger partial charge >= 0.3 is 0 Å². The molecule has 14 rings (SSSR count). The van der Waals surface area contributed by atoms with Crippen molar-refractivity contribution in [3.05, 3.63) is 241 Å². The molecular weight excluding hydrogens is 749 g/mol. The Morgan fingerprint density at radius 2 is 0.726 bits per heavy atom. The van der Waals surface area contributed by atoms with E-state index < -0.39 is 5.41 Å². The molecule has 0 saturated carbocycles. The summed E-state index contributed by atoms with van der Waals surface area (Å²) in [5.41, 5.74) is 19.5. The highest BCUT2D eigenvalue weighted by atomic mass is 16.3. The Hall–Kier alpha value is -8.00. The van der Waals surface area contributed by atoms with Gasteiger partial charge in [-0.25, -0.2) is 0 Å². The summed E-state index contributed by atoms with van der Waals surface area (Å²) >= 11 is 0. The van der Waals surface area contributed by atoms with Gasteiger partial charge in [-0.1, -0.05) is 194 Å². The van der Waals surface area contributed by atoms with Gasteiger partial charge in [0.1, 0.15) is 11.2 Å². The molecule has 1 heterocycles. The summed E-state index contributed by atoms with van der Waals surface area (Å²) in [4.78, 5) is 0. The van der Waals surface area contributed by atoms with Crippen LogP contribution in [0.5, 0.6) is 0 Å². The lowest BCUT2D eigenvalue weighted by Crippen LogP contribution is -2.25. The van der Waals surface area contributed by atoms with Crippen LogP contribution in [-0.2, 0) is 5.41 Å². The Labute approximate surface area is 358 Å². The number of furan rings is 1. The Morgan fingerprint density at radius 1 is 0.274 bits per heavy atom. The zero-order chi connectivity index (χ0) is 40.5. The maximum atomic E-state index is 6.46. The summed E-state index contributed by atoms with van der Waals surface area (Å²) in [6.07, 6.45) is 0. The van der Waals surface area contributed by atoms with Crippen LogP contribution in [0.4, 0.5) is 0 Å². The highest BCUT2D eigenvalue weighted by molar-refractivity contribution is 6.22. The van der Waals surface area contributed by atoms with Crippen LogP contribution in [0.25, 0.3) is 110 Å². The first-order chi connectivity index (χ1) is 30.8. The van der Waals surface area contributed by atoms with Crippen molar-refractivity contribution in [3.63, 3.8) is 0 Å². The highest BCUT2D eigenvalue weighted by Gasteiger charge is 2.51. The van der Waals surface area contributed by atoms with Crippen LogP contribution in [0.3, 0.4) is 0 Å². The van der Waals surface area contributed by atoms with Crippen LogP contribution in [-0.4, -0.2) is 0 Å². The van der Waals surface area contributed by atoms with Gasteiger partial charge in [0.05, 0.1) is 5.41 Å². The summed E-state index contributed by atoms with van der Waals surface area (Å²) in [6.45, 7) is 0. The molecule has 0 aliphatic heterocycles. The number of benzene rings is 11. The van der Waals surface area contributed by atoms with Crippen molar-refractivity contribution in [2.24, 2.45) is 0 Å². The smallest absolute Gasteiger partial charge is 0.136 e. The summed E-state index contributed by atoms with van der Waals surface area (Å²) in [7, 11) is 0. The van der Waals surface area contributed by atoms with Gasteiger partial charge in [-0.05, 0) is 134 Å². The third kappa shape index (κ3) is 4.42. The van der Waals surface area contributed by atoms with Gasteiger partial charge in [-0.15, -0.1) is 0 Å². The van der Waals surface area contributed by atoms with Crippen LogP contribution in [0, 0.1) is 0 Å². The second-order valence-corrected chi connectivity index (χ2v) is 17.0. The van der Waals surface area contributed by atoms with Crippen LogP contribution >= 0.6 is 0 Å². The predicted molar refractivity (Wildman–Crippen MR) is 259 cm³/mol. The minimum Gasteiger partial charge on any atom is -0.456 e. The van der Waals surface area contributed by atoms with Crippen LogP contribution in [0.15, 0.2) is 223 Å². The molecule has 0 fully saturated rings. The molecule has 0 radical (unpaired) electrons. The maximum absolute atomic E-state index is 6.46. The standard InChI is InChI=1S/C61H36O/c1-2-15-40-36-57-51(34-39(40)14-1)60-42(23-13-27-56(60)62-57)37-28-30-38(31-29-37)58-47-19-3-5-21-49(47)59(50-22-6-4-20-48(50)58)41-32-33-46-45-18-9-12-26-54(45)61(55(46)35-41)52-24-10-7-16-43(52)44-17-8-11-25-53(44)61/h1-36H. The van der Waals surface area contributed by atoms with E-state index in [1.807, 2.05) is 0 Å². The fraction of sp³-hybridized carbons (Fsp3) is 0.0164. The van der Waals surface area contributed by atoms with E-state index in [0.717, 1.165) is 21.9 Å². The average molecular weight is 785 g/mol. The first kappa shape index (κ1) is 33.8. The Balaban J connectivity index is 0.964. The molecule has 1 aromatic heterocycles. The molecular formula is C61H36O. The molecule has 1 spiro atoms. The molecule has 1 heteroatoms. The fourth-order valence-corrected chi connectivity index (χ4v) is 11.6. The van der Waals surface area contributed by atoms with E-state index in [1.165, 1.54) is 110 Å². The number of rotatable bonds is 3. The molecule has 2 aliphatic rings. The summed E-state index contributed by atoms with van der Waals surface area (Å²) < 4.78 is 6.46. The minimum atomic E-state index is -0.400. The largest absolute Gasteiger partial charge is 0.456 e. The van der Waals surface area contributed by atoms with Crippen molar-refractivity contribution in [2.45, 2.75) is 5.41 Å². The van der Waals surface area contributed by atoms with E-state index in [0.29, 0.717) is 0 Å². The topological polar surface area (TPSA) is 13.1 Å². The highest BCUT2D eigenvalue weighted by Crippen LogP contribution is 2.63. The number of fused-ring (bicyclic) bond motifs is 16. The number of hydrogen-bond donors (Lipinski definition) is 0. The van der Waals surface area contributed by atoms with E-state index in [2.05, 4.69) is 218 Å². The van der Waals surface area contributed by atoms with Gasteiger partial charge in [0.2, 0.25) is 0 Å². The number of hydrogen-bond acceptors (Lipinski definition) is 1. The molecule has 0 bridgehead atoms. The van der Waals surface area contributed by atoms with Crippen LogP contribution in [0.1, 0.15) is 22.3 Å². The lowest BCUT2D eigenvalue weighted by atomic mass is 9.70. The van der Waals surface area contributed by atoms with Crippen molar-refractivity contribution in [1.29, 1.82) is 0 Å². The lowest BCUT2D eigenvalue weighted by molar-refractivity contribution is 0.669. The van der Waals surface area contributed by atoms with E-state index in [1.54, 1.807) is 0 Å². The van der Waals surface area contributed by atoms with E-state index in [9.17, 15) is 0 Å². The van der Waals surface area contributed by atoms with E-state index in [4.69, 9.17) is 4.42 Å². The van der Waals surface area contributed by atoms with Crippen molar-refractivity contribution in [3.8, 4) is 55.6 Å². The normalized spacial score (nSPS) is 13.3. The molecule has 11 aromatic carbocycles. The Kier molecular flexibility index (Phi) is 6.82. The first-order valence-corrected chi connectivity index (χ1v) is 21.6. The molecule has 0 N–H and O–H groups in total. The van der Waals surface area contributed by atoms with Crippen molar-refractivity contribution < 1.29 is 4.42 Å². The molecule has 12 aromatic rings. The Bertz CT molecular complexity index is 3740. The zero-order valence-electron chi connectivity index (χ0n) is 33.7. The fourth-order valence-electron chi connectivity index (χ4n) is 11.6. The zero-order valence-corrected chi connectivity index (χ0v) is 33.7. The van der Waals surface area contributed by atoms with Crippen molar-refractivity contribution in [2.75, 3.05) is 0 Å². The average Bonchev–Trinajstić information content (AvgIpc) is 3.96. The third-order valence-corrected chi connectivity index (χ3v) is 14.1. The van der Waals surface area contributed by atoms with Crippen molar-refractivity contribution >= 4 is 54.3 Å². The lowest BCUT2D eigenvalue weighted by Gasteiger charge is -2.30. The molecule has 1 nitrogen and oxygen atoms in total. The second kappa shape index (κ2) is 12.5. The molecule has 0 saturated heterocycles. The summed E-state index contributed by atoms with van der Waals surface area (Å²) in [5.74, 6) is 0. The van der Waals surface area contributed by atoms with Gasteiger partial charge in [-0.3, -0.25) is 0 Å². The van der Waals surface area contributed by atoms with E-state index in [-0.39, 0.29) is 0 Å². The predicted octanol–water partition coefficient (Wildman–Crippen LogP) is 16.4. The minimum absolute atomic E-state index is 0.400. The van der Waals surface area contributed by atoms with Gasteiger partial charge < -0.3 is 4.42 Å². The van der Waals surface area contributed by atoms with Crippen LogP contribution < -0.4 is 0 Å². The van der Waals surface area contributed by atoms with Gasteiger partial charge in [0.15, 0.2) is 0 Å². The van der Waals surface area contributed by atoms with E-state index >= 15 is 0 Å². The molecule has 0 amide bonds. The SMILES string of the molecule is c1ccc2c(c1)-c1ccccc1C21c2ccccc2-c2ccc(-c3c4ccccc4c(-c4ccc(-c5cccc6oc7cc8ccccc8cc7c56)cc4)c4ccccc34)cc21. The molecule has 286 valence electrons. The first-order valence-electron chi connectivity index (χ1n) is 21.6. The Morgan fingerprint density at radius 3 is 1.32 bits per heavy atom. The molecule has 0 unspecified atom stereocenters. The van der Waals surface area contributed by atoms with Gasteiger partial charge in [-0.2, -0.15) is 0 Å².